The molecule has 0 fully saturated rings. The SMILES string of the molecule is CCCNS(=O)(=O)c1ccc(NS(=O)(=O)c2cc(C(C)(C)C)ccc2C)cc1. The average molecular weight is 425 g/mol. The molecule has 6 nitrogen and oxygen atoms in total. The smallest absolute Gasteiger partial charge is 0.262 e. The van der Waals surface area contributed by atoms with Crippen LogP contribution >= 0.6 is 0 Å². The minimum Gasteiger partial charge on any atom is -0.280 e. The van der Waals surface area contributed by atoms with E-state index < -0.39 is 20.0 Å². The maximum atomic E-state index is 12.9. The van der Waals surface area contributed by atoms with Crippen molar-refractivity contribution < 1.29 is 16.8 Å². The molecule has 0 aliphatic carbocycles. The van der Waals surface area contributed by atoms with E-state index in [1.54, 1.807) is 19.1 Å². The van der Waals surface area contributed by atoms with Gasteiger partial charge in [-0.15, -0.1) is 0 Å². The van der Waals surface area contributed by atoms with Gasteiger partial charge in [0.15, 0.2) is 0 Å². The molecule has 0 saturated heterocycles. The van der Waals surface area contributed by atoms with Crippen LogP contribution in [0.5, 0.6) is 0 Å². The van der Waals surface area contributed by atoms with Gasteiger partial charge in [-0.05, 0) is 60.2 Å². The van der Waals surface area contributed by atoms with E-state index in [1.807, 2.05) is 33.8 Å². The van der Waals surface area contributed by atoms with Gasteiger partial charge in [-0.3, -0.25) is 4.72 Å². The van der Waals surface area contributed by atoms with E-state index in [0.717, 1.165) is 5.56 Å². The number of nitrogens with one attached hydrogen (secondary N) is 2. The normalized spacial score (nSPS) is 12.8. The van der Waals surface area contributed by atoms with Crippen molar-refractivity contribution in [1.82, 2.24) is 4.72 Å². The van der Waals surface area contributed by atoms with E-state index in [9.17, 15) is 16.8 Å². The van der Waals surface area contributed by atoms with Crippen molar-refractivity contribution in [3.8, 4) is 0 Å². The van der Waals surface area contributed by atoms with E-state index in [4.69, 9.17) is 0 Å². The summed E-state index contributed by atoms with van der Waals surface area (Å²) in [6.07, 6.45) is 0.685. The molecule has 154 valence electrons. The fraction of sp³-hybridized carbons (Fsp3) is 0.400. The van der Waals surface area contributed by atoms with Gasteiger partial charge in [-0.2, -0.15) is 0 Å². The van der Waals surface area contributed by atoms with Crippen molar-refractivity contribution in [2.75, 3.05) is 11.3 Å². The Hall–Kier alpha value is -1.90. The van der Waals surface area contributed by atoms with Crippen molar-refractivity contribution in [3.05, 3.63) is 53.6 Å². The van der Waals surface area contributed by atoms with Gasteiger partial charge < -0.3 is 0 Å². The van der Waals surface area contributed by atoms with E-state index in [-0.39, 0.29) is 15.2 Å². The average Bonchev–Trinajstić information content (AvgIpc) is 2.59. The molecule has 2 N–H and O–H groups in total. The molecule has 0 saturated carbocycles. The second-order valence-corrected chi connectivity index (χ2v) is 11.2. The second kappa shape index (κ2) is 8.23. The van der Waals surface area contributed by atoms with Gasteiger partial charge in [0, 0.05) is 12.2 Å². The quantitative estimate of drug-likeness (QED) is 0.707. The monoisotopic (exact) mass is 424 g/mol. The number of hydrogen-bond acceptors (Lipinski definition) is 4. The van der Waals surface area contributed by atoms with Gasteiger partial charge in [0.2, 0.25) is 10.0 Å². The van der Waals surface area contributed by atoms with Crippen LogP contribution in [0.1, 0.15) is 45.2 Å². The van der Waals surface area contributed by atoms with Crippen molar-refractivity contribution in [1.29, 1.82) is 0 Å². The van der Waals surface area contributed by atoms with Gasteiger partial charge in [-0.25, -0.2) is 21.6 Å². The molecule has 0 radical (unpaired) electrons. The fourth-order valence-corrected chi connectivity index (χ4v) is 5.05. The first-order valence-corrected chi connectivity index (χ1v) is 12.1. The van der Waals surface area contributed by atoms with Crippen LogP contribution in [0.15, 0.2) is 52.3 Å². The molecule has 0 aliphatic heterocycles. The summed E-state index contributed by atoms with van der Waals surface area (Å²) in [6.45, 7) is 10.0. The third kappa shape index (κ3) is 5.33. The Balaban J connectivity index is 2.30. The van der Waals surface area contributed by atoms with Crippen molar-refractivity contribution in [3.63, 3.8) is 0 Å². The molecule has 2 aromatic carbocycles. The number of rotatable bonds is 7. The Morgan fingerprint density at radius 1 is 0.893 bits per heavy atom. The van der Waals surface area contributed by atoms with E-state index >= 15 is 0 Å². The summed E-state index contributed by atoms with van der Waals surface area (Å²) in [7, 11) is -7.40. The summed E-state index contributed by atoms with van der Waals surface area (Å²) in [5.74, 6) is 0. The molecular weight excluding hydrogens is 396 g/mol. The molecule has 2 rings (SSSR count). The Morgan fingerprint density at radius 3 is 2.04 bits per heavy atom. The van der Waals surface area contributed by atoms with E-state index in [2.05, 4.69) is 9.44 Å². The van der Waals surface area contributed by atoms with Gasteiger partial charge >= 0.3 is 0 Å². The highest BCUT2D eigenvalue weighted by molar-refractivity contribution is 7.92. The van der Waals surface area contributed by atoms with Gasteiger partial charge in [-0.1, -0.05) is 39.8 Å². The Kier molecular flexibility index (Phi) is 6.58. The number of aryl methyl sites for hydroxylation is 1. The number of sulfonamides is 2. The molecule has 0 spiro atoms. The predicted octanol–water partition coefficient (Wildman–Crippen LogP) is 3.78. The fourth-order valence-electron chi connectivity index (χ4n) is 2.59. The summed E-state index contributed by atoms with van der Waals surface area (Å²) in [5.41, 5.74) is 1.68. The van der Waals surface area contributed by atoms with Gasteiger partial charge in [0.25, 0.3) is 10.0 Å². The zero-order valence-electron chi connectivity index (χ0n) is 16.9. The highest BCUT2D eigenvalue weighted by Crippen LogP contribution is 2.28. The third-order valence-corrected chi connectivity index (χ3v) is 7.30. The van der Waals surface area contributed by atoms with Crippen LogP contribution in [-0.4, -0.2) is 23.4 Å². The summed E-state index contributed by atoms with van der Waals surface area (Å²) in [4.78, 5) is 0.302. The molecule has 0 amide bonds. The highest BCUT2D eigenvalue weighted by atomic mass is 32.2. The lowest BCUT2D eigenvalue weighted by Gasteiger charge is -2.21. The summed E-state index contributed by atoms with van der Waals surface area (Å²) in [6, 6.07) is 11.1. The predicted molar refractivity (Wildman–Crippen MR) is 113 cm³/mol. The number of benzene rings is 2. The molecule has 0 atom stereocenters. The number of anilines is 1. The minimum absolute atomic E-state index is 0.0924. The summed E-state index contributed by atoms with van der Waals surface area (Å²) in [5, 5.41) is 0. The first-order valence-electron chi connectivity index (χ1n) is 9.10. The summed E-state index contributed by atoms with van der Waals surface area (Å²) >= 11 is 0. The topological polar surface area (TPSA) is 92.3 Å². The van der Waals surface area contributed by atoms with Crippen molar-refractivity contribution in [2.24, 2.45) is 0 Å². The molecule has 0 bridgehead atoms. The van der Waals surface area contributed by atoms with Gasteiger partial charge in [0.1, 0.15) is 0 Å². The van der Waals surface area contributed by atoms with E-state index in [0.29, 0.717) is 24.2 Å². The molecule has 0 aliphatic rings. The van der Waals surface area contributed by atoms with Crippen LogP contribution in [0.25, 0.3) is 0 Å². The van der Waals surface area contributed by atoms with Crippen molar-refractivity contribution >= 4 is 25.7 Å². The second-order valence-electron chi connectivity index (χ2n) is 7.76. The van der Waals surface area contributed by atoms with Crippen LogP contribution in [-0.2, 0) is 25.5 Å². The maximum Gasteiger partial charge on any atom is 0.262 e. The molecule has 2 aromatic rings. The Bertz CT molecular complexity index is 1040. The van der Waals surface area contributed by atoms with Crippen LogP contribution < -0.4 is 9.44 Å². The lowest BCUT2D eigenvalue weighted by atomic mass is 9.87. The maximum absolute atomic E-state index is 12.9. The van der Waals surface area contributed by atoms with Crippen molar-refractivity contribution in [2.45, 2.75) is 56.2 Å². The van der Waals surface area contributed by atoms with Crippen LogP contribution in [0.4, 0.5) is 5.69 Å². The zero-order valence-corrected chi connectivity index (χ0v) is 18.5. The standard InChI is InChI=1S/C20H28N2O4S2/c1-6-13-21-27(23,24)18-11-9-17(10-12-18)22-28(25,26)19-14-16(20(3,4)5)8-7-15(19)2/h7-12,14,21-22H,6,13H2,1-5H3. The molecule has 28 heavy (non-hydrogen) atoms. The minimum atomic E-state index is -3.80. The number of hydrogen-bond donors (Lipinski definition) is 2. The van der Waals surface area contributed by atoms with Crippen LogP contribution in [0.2, 0.25) is 0 Å². The highest BCUT2D eigenvalue weighted by Gasteiger charge is 2.22. The first kappa shape index (κ1) is 22.4. The third-order valence-electron chi connectivity index (χ3n) is 4.30. The Morgan fingerprint density at radius 2 is 1.50 bits per heavy atom. The van der Waals surface area contributed by atoms with Crippen LogP contribution in [0, 0.1) is 6.92 Å². The molecule has 0 aromatic heterocycles. The lowest BCUT2D eigenvalue weighted by Crippen LogP contribution is -2.24. The first-order chi connectivity index (χ1) is 12.9. The van der Waals surface area contributed by atoms with Gasteiger partial charge in [0.05, 0.1) is 9.79 Å². The summed E-state index contributed by atoms with van der Waals surface area (Å²) < 4.78 is 55.0. The molecular formula is C20H28N2O4S2. The van der Waals surface area contributed by atoms with Crippen LogP contribution in [0.3, 0.4) is 0 Å². The molecule has 0 heterocycles. The largest absolute Gasteiger partial charge is 0.280 e. The zero-order chi connectivity index (χ0) is 21.2. The molecule has 0 unspecified atom stereocenters. The Labute approximate surface area is 168 Å². The lowest BCUT2D eigenvalue weighted by molar-refractivity contribution is 0.580. The molecule has 8 heteroatoms. The van der Waals surface area contributed by atoms with E-state index in [1.165, 1.54) is 24.3 Å².